The van der Waals surface area contributed by atoms with Crippen molar-refractivity contribution in [1.29, 1.82) is 0 Å². The lowest BCUT2D eigenvalue weighted by atomic mass is 10.1. The standard InChI is InChI=1S/C21H20N2O3/c1-16-5-10-19(26-16)11-12-20(24)22-14-17-6-8-18(9-7-17)15-23-13-3-2-4-21(23)25/h2-13H,14-15H2,1H3,(H,22,24)/b12-11-. The highest BCUT2D eigenvalue weighted by atomic mass is 16.3. The van der Waals surface area contributed by atoms with E-state index in [0.717, 1.165) is 16.9 Å². The van der Waals surface area contributed by atoms with Crippen molar-refractivity contribution in [2.24, 2.45) is 0 Å². The molecule has 3 aromatic rings. The van der Waals surface area contributed by atoms with Crippen LogP contribution in [0.4, 0.5) is 0 Å². The van der Waals surface area contributed by atoms with E-state index in [1.807, 2.05) is 49.4 Å². The monoisotopic (exact) mass is 348 g/mol. The van der Waals surface area contributed by atoms with Crippen LogP contribution in [-0.4, -0.2) is 10.5 Å². The Labute approximate surface area is 151 Å². The third-order valence-electron chi connectivity index (χ3n) is 3.90. The summed E-state index contributed by atoms with van der Waals surface area (Å²) in [5.74, 6) is 1.28. The quantitative estimate of drug-likeness (QED) is 0.696. The van der Waals surface area contributed by atoms with E-state index >= 15 is 0 Å². The van der Waals surface area contributed by atoms with E-state index in [2.05, 4.69) is 5.32 Å². The maximum absolute atomic E-state index is 11.9. The summed E-state index contributed by atoms with van der Waals surface area (Å²) >= 11 is 0. The molecule has 2 aromatic heterocycles. The highest BCUT2D eigenvalue weighted by molar-refractivity contribution is 5.91. The van der Waals surface area contributed by atoms with Crippen LogP contribution in [0.2, 0.25) is 0 Å². The first-order valence-electron chi connectivity index (χ1n) is 8.36. The van der Waals surface area contributed by atoms with Gasteiger partial charge >= 0.3 is 0 Å². The van der Waals surface area contributed by atoms with E-state index in [0.29, 0.717) is 18.8 Å². The van der Waals surface area contributed by atoms with Crippen LogP contribution in [0, 0.1) is 6.92 Å². The molecule has 0 bridgehead atoms. The van der Waals surface area contributed by atoms with Crippen molar-refractivity contribution in [3.63, 3.8) is 0 Å². The zero-order valence-electron chi connectivity index (χ0n) is 14.5. The third-order valence-corrected chi connectivity index (χ3v) is 3.90. The minimum atomic E-state index is -0.182. The summed E-state index contributed by atoms with van der Waals surface area (Å²) in [6, 6.07) is 16.6. The number of aryl methyl sites for hydroxylation is 1. The Hall–Kier alpha value is -3.34. The van der Waals surface area contributed by atoms with Crippen molar-refractivity contribution in [3.05, 3.63) is 99.9 Å². The van der Waals surface area contributed by atoms with Gasteiger partial charge in [0.2, 0.25) is 5.91 Å². The first kappa shape index (κ1) is 17.5. The van der Waals surface area contributed by atoms with Gasteiger partial charge in [0, 0.05) is 24.9 Å². The Morgan fingerprint density at radius 1 is 1.08 bits per heavy atom. The maximum atomic E-state index is 11.9. The molecule has 3 rings (SSSR count). The maximum Gasteiger partial charge on any atom is 0.250 e. The van der Waals surface area contributed by atoms with E-state index < -0.39 is 0 Å². The van der Waals surface area contributed by atoms with Crippen molar-refractivity contribution >= 4 is 12.0 Å². The molecule has 1 N–H and O–H groups in total. The molecule has 5 heteroatoms. The Morgan fingerprint density at radius 3 is 2.54 bits per heavy atom. The summed E-state index contributed by atoms with van der Waals surface area (Å²) in [7, 11) is 0. The summed E-state index contributed by atoms with van der Waals surface area (Å²) in [6.45, 7) is 2.82. The molecule has 1 amide bonds. The van der Waals surface area contributed by atoms with Gasteiger partial charge in [0.1, 0.15) is 11.5 Å². The van der Waals surface area contributed by atoms with Crippen LogP contribution in [-0.2, 0) is 17.9 Å². The van der Waals surface area contributed by atoms with Crippen LogP contribution >= 0.6 is 0 Å². The van der Waals surface area contributed by atoms with E-state index in [-0.39, 0.29) is 11.5 Å². The Balaban J connectivity index is 1.52. The van der Waals surface area contributed by atoms with Crippen molar-refractivity contribution in [1.82, 2.24) is 9.88 Å². The molecule has 0 aliphatic carbocycles. The lowest BCUT2D eigenvalue weighted by Gasteiger charge is -2.07. The number of carbonyl (C=O) groups is 1. The third kappa shape index (κ3) is 4.83. The van der Waals surface area contributed by atoms with E-state index in [1.165, 1.54) is 6.08 Å². The lowest BCUT2D eigenvalue weighted by Crippen LogP contribution is -2.20. The summed E-state index contributed by atoms with van der Waals surface area (Å²) < 4.78 is 7.03. The molecule has 0 radical (unpaired) electrons. The smallest absolute Gasteiger partial charge is 0.250 e. The number of benzene rings is 1. The number of hydrogen-bond donors (Lipinski definition) is 1. The first-order valence-corrected chi connectivity index (χ1v) is 8.36. The van der Waals surface area contributed by atoms with Gasteiger partial charge < -0.3 is 14.3 Å². The topological polar surface area (TPSA) is 64.2 Å². The van der Waals surface area contributed by atoms with Gasteiger partial charge in [-0.2, -0.15) is 0 Å². The Morgan fingerprint density at radius 2 is 1.85 bits per heavy atom. The minimum Gasteiger partial charge on any atom is -0.462 e. The summed E-state index contributed by atoms with van der Waals surface area (Å²) in [5, 5.41) is 2.83. The average Bonchev–Trinajstić information content (AvgIpc) is 3.07. The number of pyridine rings is 1. The highest BCUT2D eigenvalue weighted by Gasteiger charge is 2.01. The summed E-state index contributed by atoms with van der Waals surface area (Å²) in [5.41, 5.74) is 1.99. The van der Waals surface area contributed by atoms with Crippen LogP contribution in [0.1, 0.15) is 22.6 Å². The van der Waals surface area contributed by atoms with Gasteiger partial charge in [-0.05, 0) is 42.3 Å². The van der Waals surface area contributed by atoms with Gasteiger partial charge in [-0.15, -0.1) is 0 Å². The second-order valence-electron chi connectivity index (χ2n) is 5.98. The number of nitrogens with one attached hydrogen (secondary N) is 1. The predicted octanol–water partition coefficient (Wildman–Crippen LogP) is 3.13. The number of nitrogens with zero attached hydrogens (tertiary/aromatic N) is 1. The fourth-order valence-electron chi connectivity index (χ4n) is 2.50. The van der Waals surface area contributed by atoms with Crippen LogP contribution in [0.15, 0.2) is 76.1 Å². The Kier molecular flexibility index (Phi) is 5.49. The number of furan rings is 1. The van der Waals surface area contributed by atoms with Crippen LogP contribution < -0.4 is 10.9 Å². The molecular formula is C21H20N2O3. The first-order chi connectivity index (χ1) is 12.6. The van der Waals surface area contributed by atoms with Gasteiger partial charge in [-0.25, -0.2) is 0 Å². The zero-order chi connectivity index (χ0) is 18.4. The number of rotatable bonds is 6. The van der Waals surface area contributed by atoms with Crippen LogP contribution in [0.3, 0.4) is 0 Å². The molecule has 0 atom stereocenters. The van der Waals surface area contributed by atoms with E-state index in [9.17, 15) is 9.59 Å². The second-order valence-corrected chi connectivity index (χ2v) is 5.98. The molecule has 1 aromatic carbocycles. The molecule has 0 aliphatic rings. The largest absolute Gasteiger partial charge is 0.462 e. The number of amides is 1. The second kappa shape index (κ2) is 8.16. The predicted molar refractivity (Wildman–Crippen MR) is 101 cm³/mol. The van der Waals surface area contributed by atoms with Crippen molar-refractivity contribution in [2.75, 3.05) is 0 Å². The van der Waals surface area contributed by atoms with Gasteiger partial charge in [-0.3, -0.25) is 9.59 Å². The van der Waals surface area contributed by atoms with Gasteiger partial charge in [0.15, 0.2) is 0 Å². The normalized spacial score (nSPS) is 11.0. The number of hydrogen-bond acceptors (Lipinski definition) is 3. The SMILES string of the molecule is Cc1ccc(/C=C\C(=O)NCc2ccc(Cn3ccccc3=O)cc2)o1. The summed E-state index contributed by atoms with van der Waals surface area (Å²) in [4.78, 5) is 23.6. The van der Waals surface area contributed by atoms with Gasteiger partial charge in [0.25, 0.3) is 5.56 Å². The molecule has 26 heavy (non-hydrogen) atoms. The van der Waals surface area contributed by atoms with Crippen LogP contribution in [0.5, 0.6) is 0 Å². The molecule has 0 saturated carbocycles. The van der Waals surface area contributed by atoms with Gasteiger partial charge in [-0.1, -0.05) is 30.3 Å². The number of aromatic nitrogens is 1. The van der Waals surface area contributed by atoms with Crippen molar-refractivity contribution in [2.45, 2.75) is 20.0 Å². The molecule has 132 valence electrons. The van der Waals surface area contributed by atoms with Gasteiger partial charge in [0.05, 0.1) is 6.54 Å². The van der Waals surface area contributed by atoms with E-state index in [1.54, 1.807) is 29.0 Å². The molecule has 0 aliphatic heterocycles. The molecular weight excluding hydrogens is 328 g/mol. The highest BCUT2D eigenvalue weighted by Crippen LogP contribution is 2.08. The molecule has 0 spiro atoms. The average molecular weight is 348 g/mol. The van der Waals surface area contributed by atoms with E-state index in [4.69, 9.17) is 4.42 Å². The lowest BCUT2D eigenvalue weighted by molar-refractivity contribution is -0.116. The molecule has 5 nitrogen and oxygen atoms in total. The molecule has 2 heterocycles. The van der Waals surface area contributed by atoms with Crippen LogP contribution in [0.25, 0.3) is 6.08 Å². The molecule has 0 saturated heterocycles. The minimum absolute atomic E-state index is 0.0256. The van der Waals surface area contributed by atoms with Crippen molar-refractivity contribution < 1.29 is 9.21 Å². The number of carbonyl (C=O) groups excluding carboxylic acids is 1. The zero-order valence-corrected chi connectivity index (χ0v) is 14.5. The fourth-order valence-corrected chi connectivity index (χ4v) is 2.50. The summed E-state index contributed by atoms with van der Waals surface area (Å²) in [6.07, 6.45) is 4.86. The fraction of sp³-hybridized carbons (Fsp3) is 0.143. The molecule has 0 fully saturated rings. The van der Waals surface area contributed by atoms with Crippen molar-refractivity contribution in [3.8, 4) is 0 Å². The Bertz CT molecular complexity index is 965. The molecule has 0 unspecified atom stereocenters.